The average Bonchev–Trinajstić information content (AvgIpc) is 2.58. The first-order valence-electron chi connectivity index (χ1n) is 7.06. The average molecular weight is 310 g/mol. The fraction of sp³-hybridized carbons (Fsp3) is 0.111. The van der Waals surface area contributed by atoms with Crippen LogP contribution in [0.15, 0.2) is 60.6 Å². The van der Waals surface area contributed by atoms with Crippen LogP contribution >= 0.6 is 0 Å². The molecule has 1 aromatic heterocycles. The first-order chi connectivity index (χ1) is 11.1. The molecule has 2 aromatic rings. The zero-order chi connectivity index (χ0) is 16.7. The molecular weight excluding hydrogens is 292 g/mol. The van der Waals surface area contributed by atoms with Gasteiger partial charge in [-0.05, 0) is 60.2 Å². The van der Waals surface area contributed by atoms with Gasteiger partial charge in [-0.25, -0.2) is 4.79 Å². The quantitative estimate of drug-likeness (QED) is 0.801. The number of rotatable bonds is 6. The molecule has 0 saturated heterocycles. The van der Waals surface area contributed by atoms with Gasteiger partial charge in [0.25, 0.3) is 0 Å². The van der Waals surface area contributed by atoms with E-state index in [1.165, 1.54) is 6.20 Å². The molecule has 0 radical (unpaired) electrons. The van der Waals surface area contributed by atoms with Gasteiger partial charge in [0.15, 0.2) is 0 Å². The molecule has 0 aliphatic carbocycles. The summed E-state index contributed by atoms with van der Waals surface area (Å²) < 4.78 is 5.55. The van der Waals surface area contributed by atoms with Gasteiger partial charge in [-0.3, -0.25) is 4.98 Å². The van der Waals surface area contributed by atoms with Crippen molar-refractivity contribution in [2.24, 2.45) is 5.73 Å². The molecule has 23 heavy (non-hydrogen) atoms. The van der Waals surface area contributed by atoms with E-state index >= 15 is 0 Å². The van der Waals surface area contributed by atoms with E-state index in [2.05, 4.69) is 4.98 Å². The predicted molar refractivity (Wildman–Crippen MR) is 89.6 cm³/mol. The van der Waals surface area contributed by atoms with Gasteiger partial charge >= 0.3 is 5.97 Å². The highest BCUT2D eigenvalue weighted by Crippen LogP contribution is 2.21. The number of aliphatic carboxylic acids is 1. The number of benzene rings is 1. The lowest BCUT2D eigenvalue weighted by Gasteiger charge is -2.08. The third kappa shape index (κ3) is 4.71. The zero-order valence-electron chi connectivity index (χ0n) is 12.8. The summed E-state index contributed by atoms with van der Waals surface area (Å²) in [6.07, 6.45) is 6.35. The summed E-state index contributed by atoms with van der Waals surface area (Å²) in [5.74, 6) is -0.332. The van der Waals surface area contributed by atoms with Crippen LogP contribution < -0.4 is 10.5 Å². The number of carbonyl (C=O) groups is 1. The van der Waals surface area contributed by atoms with Crippen molar-refractivity contribution in [3.8, 4) is 5.75 Å². The van der Waals surface area contributed by atoms with Crippen LogP contribution in [0.3, 0.4) is 0 Å². The highest BCUT2D eigenvalue weighted by molar-refractivity contribution is 6.20. The maximum atomic E-state index is 11.5. The van der Waals surface area contributed by atoms with E-state index in [1.54, 1.807) is 54.9 Å². The number of nitrogens with zero attached hydrogens (tertiary/aromatic N) is 1. The van der Waals surface area contributed by atoms with Crippen molar-refractivity contribution in [2.75, 3.05) is 6.61 Å². The second kappa shape index (κ2) is 7.79. The van der Waals surface area contributed by atoms with E-state index in [0.717, 1.165) is 11.1 Å². The highest BCUT2D eigenvalue weighted by atomic mass is 16.5. The second-order valence-corrected chi connectivity index (χ2v) is 4.97. The number of hydrogen-bond acceptors (Lipinski definition) is 4. The van der Waals surface area contributed by atoms with Crippen molar-refractivity contribution in [1.29, 1.82) is 0 Å². The van der Waals surface area contributed by atoms with Gasteiger partial charge < -0.3 is 15.6 Å². The SMILES string of the molecule is C/C(=C\N)COc1ccc(/C(=C\c2ccncc2)C(=O)O)cc1. The number of pyridine rings is 1. The molecule has 1 aromatic carbocycles. The normalized spacial score (nSPS) is 12.0. The van der Waals surface area contributed by atoms with Crippen molar-refractivity contribution >= 4 is 17.6 Å². The molecular formula is C18H18N2O3. The third-order valence-electron chi connectivity index (χ3n) is 3.16. The Morgan fingerprint density at radius 1 is 1.22 bits per heavy atom. The van der Waals surface area contributed by atoms with Crippen molar-refractivity contribution in [1.82, 2.24) is 4.98 Å². The fourth-order valence-corrected chi connectivity index (χ4v) is 1.87. The lowest BCUT2D eigenvalue weighted by Crippen LogP contribution is -2.02. The summed E-state index contributed by atoms with van der Waals surface area (Å²) in [5.41, 5.74) is 7.89. The maximum absolute atomic E-state index is 11.5. The molecule has 0 fully saturated rings. The van der Waals surface area contributed by atoms with E-state index < -0.39 is 5.97 Å². The summed E-state index contributed by atoms with van der Waals surface area (Å²) >= 11 is 0. The van der Waals surface area contributed by atoms with Crippen LogP contribution in [0.5, 0.6) is 5.75 Å². The Labute approximate surface area is 134 Å². The first kappa shape index (κ1) is 16.3. The van der Waals surface area contributed by atoms with Gasteiger partial charge in [-0.15, -0.1) is 0 Å². The van der Waals surface area contributed by atoms with Gasteiger partial charge in [-0.2, -0.15) is 0 Å². The standard InChI is InChI=1S/C18H18N2O3/c1-13(11-19)12-23-16-4-2-15(3-5-16)17(18(21)22)10-14-6-8-20-9-7-14/h2-11H,12,19H2,1H3,(H,21,22)/b13-11+,17-10+. The number of carboxylic acid groups (broad SMARTS) is 1. The third-order valence-corrected chi connectivity index (χ3v) is 3.16. The minimum absolute atomic E-state index is 0.209. The molecule has 0 aliphatic rings. The molecule has 0 bridgehead atoms. The summed E-state index contributed by atoms with van der Waals surface area (Å²) in [5, 5.41) is 9.43. The lowest BCUT2D eigenvalue weighted by atomic mass is 10.0. The molecule has 0 atom stereocenters. The zero-order valence-corrected chi connectivity index (χ0v) is 12.8. The van der Waals surface area contributed by atoms with E-state index in [-0.39, 0.29) is 5.57 Å². The summed E-state index contributed by atoms with van der Waals surface area (Å²) in [7, 11) is 0. The minimum Gasteiger partial charge on any atom is -0.489 e. The molecule has 0 saturated carbocycles. The molecule has 5 heteroatoms. The Hall–Kier alpha value is -3.08. The van der Waals surface area contributed by atoms with Crippen molar-refractivity contribution in [3.05, 3.63) is 71.7 Å². The minimum atomic E-state index is -0.989. The fourth-order valence-electron chi connectivity index (χ4n) is 1.87. The van der Waals surface area contributed by atoms with Gasteiger partial charge in [0, 0.05) is 12.4 Å². The molecule has 0 unspecified atom stereocenters. The van der Waals surface area contributed by atoms with Crippen molar-refractivity contribution < 1.29 is 14.6 Å². The molecule has 1 heterocycles. The van der Waals surface area contributed by atoms with E-state index in [9.17, 15) is 9.90 Å². The van der Waals surface area contributed by atoms with Gasteiger partial charge in [0.1, 0.15) is 12.4 Å². The van der Waals surface area contributed by atoms with E-state index in [0.29, 0.717) is 17.9 Å². The van der Waals surface area contributed by atoms with E-state index in [1.807, 2.05) is 6.92 Å². The number of carboxylic acids is 1. The monoisotopic (exact) mass is 310 g/mol. The van der Waals surface area contributed by atoms with Crippen LogP contribution in [0, 0.1) is 0 Å². The Balaban J connectivity index is 2.21. The molecule has 2 rings (SSSR count). The van der Waals surface area contributed by atoms with Crippen LogP contribution in [-0.4, -0.2) is 22.7 Å². The van der Waals surface area contributed by atoms with Crippen LogP contribution in [-0.2, 0) is 4.79 Å². The maximum Gasteiger partial charge on any atom is 0.336 e. The molecule has 3 N–H and O–H groups in total. The molecule has 0 amide bonds. The second-order valence-electron chi connectivity index (χ2n) is 4.97. The van der Waals surface area contributed by atoms with Crippen LogP contribution in [0.25, 0.3) is 11.6 Å². The van der Waals surface area contributed by atoms with Gasteiger partial charge in [0.2, 0.25) is 0 Å². The number of aromatic nitrogens is 1. The lowest BCUT2D eigenvalue weighted by molar-refractivity contribution is -0.130. The topological polar surface area (TPSA) is 85.4 Å². The summed E-state index contributed by atoms with van der Waals surface area (Å²) in [6.45, 7) is 2.27. The predicted octanol–water partition coefficient (Wildman–Crippen LogP) is 2.95. The Morgan fingerprint density at radius 2 is 1.87 bits per heavy atom. The van der Waals surface area contributed by atoms with Crippen LogP contribution in [0.2, 0.25) is 0 Å². The van der Waals surface area contributed by atoms with Crippen LogP contribution in [0.1, 0.15) is 18.1 Å². The summed E-state index contributed by atoms with van der Waals surface area (Å²) in [6, 6.07) is 10.4. The number of nitrogens with two attached hydrogens (primary N) is 1. The Bertz CT molecular complexity index is 720. The van der Waals surface area contributed by atoms with Crippen LogP contribution in [0.4, 0.5) is 0 Å². The Kier molecular flexibility index (Phi) is 5.52. The van der Waals surface area contributed by atoms with Gasteiger partial charge in [0.05, 0.1) is 5.57 Å². The van der Waals surface area contributed by atoms with Gasteiger partial charge in [-0.1, -0.05) is 12.1 Å². The van der Waals surface area contributed by atoms with Crippen molar-refractivity contribution in [3.63, 3.8) is 0 Å². The molecule has 0 spiro atoms. The first-order valence-corrected chi connectivity index (χ1v) is 7.06. The number of hydrogen-bond donors (Lipinski definition) is 2. The molecule has 0 aliphatic heterocycles. The number of ether oxygens (including phenoxy) is 1. The largest absolute Gasteiger partial charge is 0.489 e. The van der Waals surface area contributed by atoms with Crippen molar-refractivity contribution in [2.45, 2.75) is 6.92 Å². The summed E-state index contributed by atoms with van der Waals surface area (Å²) in [4.78, 5) is 15.4. The highest BCUT2D eigenvalue weighted by Gasteiger charge is 2.10. The Morgan fingerprint density at radius 3 is 2.43 bits per heavy atom. The molecule has 118 valence electrons. The molecule has 5 nitrogen and oxygen atoms in total. The van der Waals surface area contributed by atoms with E-state index in [4.69, 9.17) is 10.5 Å². The smallest absolute Gasteiger partial charge is 0.336 e.